The number of rotatable bonds is 5. The van der Waals surface area contributed by atoms with Crippen molar-refractivity contribution < 1.29 is 14.6 Å². The number of phenolic OH excluding ortho intramolecular Hbond substituents is 1. The molecule has 142 valence electrons. The van der Waals surface area contributed by atoms with Gasteiger partial charge in [0.15, 0.2) is 11.5 Å². The number of carbonyl (C=O) groups excluding carboxylic acids is 1. The third kappa shape index (κ3) is 4.68. The summed E-state index contributed by atoms with van der Waals surface area (Å²) in [5.74, 6) is 0.953. The molecule has 1 aliphatic rings. The van der Waals surface area contributed by atoms with Gasteiger partial charge in [-0.3, -0.25) is 4.79 Å². The molecular weight excluding hydrogens is 340 g/mol. The van der Waals surface area contributed by atoms with Crippen LogP contribution < -0.4 is 10.5 Å². The molecule has 27 heavy (non-hydrogen) atoms. The molecule has 0 saturated carbocycles. The van der Waals surface area contributed by atoms with Crippen molar-refractivity contribution in [3.8, 4) is 11.5 Å². The van der Waals surface area contributed by atoms with E-state index in [0.717, 1.165) is 37.1 Å². The fourth-order valence-electron chi connectivity index (χ4n) is 3.49. The minimum Gasteiger partial charge on any atom is -0.504 e. The largest absolute Gasteiger partial charge is 0.504 e. The first-order valence-electron chi connectivity index (χ1n) is 9.23. The predicted molar refractivity (Wildman–Crippen MR) is 107 cm³/mol. The number of aromatic hydroxyl groups is 1. The summed E-state index contributed by atoms with van der Waals surface area (Å²) >= 11 is 0. The Labute approximate surface area is 160 Å². The van der Waals surface area contributed by atoms with Gasteiger partial charge in [-0.2, -0.15) is 0 Å². The zero-order chi connectivity index (χ0) is 19.2. The number of hydrogen-bond donors (Lipinski definition) is 2. The van der Waals surface area contributed by atoms with Crippen molar-refractivity contribution in [2.24, 2.45) is 5.73 Å². The normalized spacial score (nSPS) is 15.3. The van der Waals surface area contributed by atoms with E-state index in [9.17, 15) is 9.90 Å². The zero-order valence-electron chi connectivity index (χ0n) is 15.6. The van der Waals surface area contributed by atoms with Crippen LogP contribution in [0.4, 0.5) is 0 Å². The minimum absolute atomic E-state index is 0.000494. The number of phenols is 1. The Morgan fingerprint density at radius 1 is 1.26 bits per heavy atom. The summed E-state index contributed by atoms with van der Waals surface area (Å²) in [6, 6.07) is 13.5. The molecule has 0 atom stereocenters. The maximum atomic E-state index is 12.5. The summed E-state index contributed by atoms with van der Waals surface area (Å²) in [6.45, 7) is 2.04. The van der Waals surface area contributed by atoms with Crippen LogP contribution in [0.2, 0.25) is 0 Å². The van der Waals surface area contributed by atoms with Gasteiger partial charge in [0, 0.05) is 25.7 Å². The van der Waals surface area contributed by atoms with Crippen molar-refractivity contribution in [3.05, 3.63) is 65.2 Å². The quantitative estimate of drug-likeness (QED) is 0.796. The van der Waals surface area contributed by atoms with Crippen LogP contribution >= 0.6 is 0 Å². The second kappa shape index (κ2) is 8.73. The summed E-state index contributed by atoms with van der Waals surface area (Å²) in [7, 11) is 1.50. The first-order chi connectivity index (χ1) is 13.1. The molecule has 0 radical (unpaired) electrons. The van der Waals surface area contributed by atoms with Crippen molar-refractivity contribution in [3.63, 3.8) is 0 Å². The van der Waals surface area contributed by atoms with E-state index in [0.29, 0.717) is 18.2 Å². The molecule has 0 spiro atoms. The first kappa shape index (κ1) is 19.0. The summed E-state index contributed by atoms with van der Waals surface area (Å²) in [5.41, 5.74) is 8.96. The summed E-state index contributed by atoms with van der Waals surface area (Å²) < 4.78 is 5.03. The van der Waals surface area contributed by atoms with E-state index in [-0.39, 0.29) is 11.7 Å². The van der Waals surface area contributed by atoms with E-state index in [1.807, 2.05) is 11.0 Å². The lowest BCUT2D eigenvalue weighted by atomic mass is 9.88. The molecule has 5 nitrogen and oxygen atoms in total. The van der Waals surface area contributed by atoms with Crippen molar-refractivity contribution in [2.45, 2.75) is 25.3 Å². The van der Waals surface area contributed by atoms with Gasteiger partial charge in [-0.05, 0) is 53.7 Å². The molecule has 0 bridgehead atoms. The molecule has 1 aliphatic heterocycles. The highest BCUT2D eigenvalue weighted by atomic mass is 16.5. The number of nitrogens with two attached hydrogens (primary N) is 1. The Hall–Kier alpha value is -2.79. The van der Waals surface area contributed by atoms with Crippen molar-refractivity contribution in [1.29, 1.82) is 0 Å². The topological polar surface area (TPSA) is 75.8 Å². The standard InChI is InChI=1S/C22H26N2O3/c1-27-21-7-5-16(14-20(21)25)6-8-22(26)24-11-9-18(10-12-24)19-4-2-3-17(13-19)15-23/h2-8,13-14,18,25H,9-12,15,23H2,1H3. The average Bonchev–Trinajstić information content (AvgIpc) is 2.72. The third-order valence-electron chi connectivity index (χ3n) is 5.09. The Morgan fingerprint density at radius 2 is 2.04 bits per heavy atom. The molecule has 0 aromatic heterocycles. The van der Waals surface area contributed by atoms with Crippen LogP contribution in [0.25, 0.3) is 6.08 Å². The number of amides is 1. The van der Waals surface area contributed by atoms with Crippen molar-refractivity contribution >= 4 is 12.0 Å². The second-order valence-electron chi connectivity index (χ2n) is 6.81. The van der Waals surface area contributed by atoms with Crippen LogP contribution in [0, 0.1) is 0 Å². The Bertz CT molecular complexity index is 824. The Morgan fingerprint density at radius 3 is 2.70 bits per heavy atom. The van der Waals surface area contributed by atoms with Crippen LogP contribution in [-0.4, -0.2) is 36.1 Å². The molecule has 3 N–H and O–H groups in total. The Kier molecular flexibility index (Phi) is 6.14. The predicted octanol–water partition coefficient (Wildman–Crippen LogP) is 3.28. The highest BCUT2D eigenvalue weighted by Gasteiger charge is 2.22. The van der Waals surface area contributed by atoms with Gasteiger partial charge < -0.3 is 20.5 Å². The van der Waals surface area contributed by atoms with Gasteiger partial charge in [-0.25, -0.2) is 0 Å². The molecule has 1 saturated heterocycles. The summed E-state index contributed by atoms with van der Waals surface area (Å²) in [4.78, 5) is 14.3. The third-order valence-corrected chi connectivity index (χ3v) is 5.09. The van der Waals surface area contributed by atoms with Crippen LogP contribution in [0.3, 0.4) is 0 Å². The molecule has 1 heterocycles. The van der Waals surface area contributed by atoms with E-state index >= 15 is 0 Å². The van der Waals surface area contributed by atoms with Gasteiger partial charge in [0.1, 0.15) is 0 Å². The highest BCUT2D eigenvalue weighted by molar-refractivity contribution is 5.92. The van der Waals surface area contributed by atoms with E-state index in [1.54, 1.807) is 30.4 Å². The zero-order valence-corrected chi connectivity index (χ0v) is 15.6. The van der Waals surface area contributed by atoms with Crippen LogP contribution in [0.5, 0.6) is 11.5 Å². The lowest BCUT2D eigenvalue weighted by Crippen LogP contribution is -2.36. The molecule has 1 amide bonds. The summed E-state index contributed by atoms with van der Waals surface area (Å²) in [5, 5.41) is 9.82. The number of nitrogens with zero attached hydrogens (tertiary/aromatic N) is 1. The van der Waals surface area contributed by atoms with Crippen LogP contribution in [0.15, 0.2) is 48.5 Å². The maximum absolute atomic E-state index is 12.5. The van der Waals surface area contributed by atoms with Gasteiger partial charge in [0.05, 0.1) is 7.11 Å². The SMILES string of the molecule is COc1ccc(C=CC(=O)N2CCC(c3cccc(CN)c3)CC2)cc1O. The fraction of sp³-hybridized carbons (Fsp3) is 0.318. The van der Waals surface area contributed by atoms with Crippen LogP contribution in [-0.2, 0) is 11.3 Å². The van der Waals surface area contributed by atoms with Gasteiger partial charge >= 0.3 is 0 Å². The molecule has 3 rings (SSSR count). The molecule has 2 aromatic rings. The van der Waals surface area contributed by atoms with E-state index in [1.165, 1.54) is 12.7 Å². The smallest absolute Gasteiger partial charge is 0.246 e. The van der Waals surface area contributed by atoms with Gasteiger partial charge in [0.25, 0.3) is 0 Å². The van der Waals surface area contributed by atoms with Crippen molar-refractivity contribution in [2.75, 3.05) is 20.2 Å². The molecule has 1 fully saturated rings. The monoisotopic (exact) mass is 366 g/mol. The van der Waals surface area contributed by atoms with Gasteiger partial charge in [-0.1, -0.05) is 30.3 Å². The lowest BCUT2D eigenvalue weighted by Gasteiger charge is -2.31. The number of benzene rings is 2. The molecule has 5 heteroatoms. The van der Waals surface area contributed by atoms with Gasteiger partial charge in [0.2, 0.25) is 5.91 Å². The number of hydrogen-bond acceptors (Lipinski definition) is 4. The second-order valence-corrected chi connectivity index (χ2v) is 6.81. The molecule has 0 unspecified atom stereocenters. The van der Waals surface area contributed by atoms with E-state index < -0.39 is 0 Å². The van der Waals surface area contributed by atoms with Gasteiger partial charge in [-0.15, -0.1) is 0 Å². The number of piperidine rings is 1. The highest BCUT2D eigenvalue weighted by Crippen LogP contribution is 2.29. The van der Waals surface area contributed by atoms with Crippen LogP contribution in [0.1, 0.15) is 35.4 Å². The maximum Gasteiger partial charge on any atom is 0.246 e. The molecule has 2 aromatic carbocycles. The van der Waals surface area contributed by atoms with E-state index in [2.05, 4.69) is 18.2 Å². The average molecular weight is 366 g/mol. The van der Waals surface area contributed by atoms with E-state index in [4.69, 9.17) is 10.5 Å². The number of likely N-dealkylation sites (tertiary alicyclic amines) is 1. The number of methoxy groups -OCH3 is 1. The lowest BCUT2D eigenvalue weighted by molar-refractivity contribution is -0.126. The molecule has 0 aliphatic carbocycles. The number of ether oxygens (including phenoxy) is 1. The number of carbonyl (C=O) groups is 1. The summed E-state index contributed by atoms with van der Waals surface area (Å²) in [6.07, 6.45) is 5.20. The minimum atomic E-state index is -0.000494. The molecular formula is C22H26N2O3. The Balaban J connectivity index is 1.57. The van der Waals surface area contributed by atoms with Crippen molar-refractivity contribution in [1.82, 2.24) is 4.90 Å². The first-order valence-corrected chi connectivity index (χ1v) is 9.23. The fourth-order valence-corrected chi connectivity index (χ4v) is 3.49.